The molecule has 114 valence electrons. The fourth-order valence-electron chi connectivity index (χ4n) is 1.69. The molecule has 0 spiro atoms. The lowest BCUT2D eigenvalue weighted by atomic mass is 10.0. The van der Waals surface area contributed by atoms with Gasteiger partial charge in [-0.25, -0.2) is 4.39 Å². The molecule has 0 amide bonds. The fourth-order valence-corrected chi connectivity index (χ4v) is 2.07. The number of hydrogen-bond donors (Lipinski definition) is 0. The summed E-state index contributed by atoms with van der Waals surface area (Å²) in [5.41, 5.74) is 0.0400. The van der Waals surface area contributed by atoms with E-state index in [1.54, 1.807) is 0 Å². The van der Waals surface area contributed by atoms with Crippen LogP contribution in [0.4, 0.5) is 13.2 Å². The quantitative estimate of drug-likeness (QED) is 0.581. The van der Waals surface area contributed by atoms with Crippen molar-refractivity contribution < 1.29 is 27.5 Å². The van der Waals surface area contributed by atoms with Crippen molar-refractivity contribution in [2.45, 2.75) is 6.61 Å². The molecular formula is C15H8BrF3O3. The molecule has 0 saturated carbocycles. The maximum absolute atomic E-state index is 13.1. The van der Waals surface area contributed by atoms with Crippen molar-refractivity contribution in [3.63, 3.8) is 0 Å². The van der Waals surface area contributed by atoms with Crippen molar-refractivity contribution >= 4 is 27.5 Å². The molecule has 0 fully saturated rings. The van der Waals surface area contributed by atoms with Gasteiger partial charge in [0.25, 0.3) is 0 Å². The first kappa shape index (κ1) is 16.2. The number of benzene rings is 2. The highest BCUT2D eigenvalue weighted by molar-refractivity contribution is 9.10. The van der Waals surface area contributed by atoms with Gasteiger partial charge in [0, 0.05) is 11.1 Å². The van der Waals surface area contributed by atoms with Crippen LogP contribution < -0.4 is 4.74 Å². The molecule has 0 unspecified atom stereocenters. The number of Topliss-reactive ketones (excluding diaryl/α,β-unsaturated/α-hetero) is 2. The highest BCUT2D eigenvalue weighted by Crippen LogP contribution is 2.19. The smallest absolute Gasteiger partial charge is 0.387 e. The monoisotopic (exact) mass is 372 g/mol. The Morgan fingerprint density at radius 2 is 1.50 bits per heavy atom. The van der Waals surface area contributed by atoms with Crippen LogP contribution in [0.25, 0.3) is 0 Å². The number of ketones is 2. The van der Waals surface area contributed by atoms with Crippen molar-refractivity contribution in [2.75, 3.05) is 0 Å². The van der Waals surface area contributed by atoms with Gasteiger partial charge in [0.15, 0.2) is 0 Å². The molecule has 2 aromatic rings. The summed E-state index contributed by atoms with van der Waals surface area (Å²) < 4.78 is 41.4. The Kier molecular flexibility index (Phi) is 4.97. The molecule has 7 heteroatoms. The van der Waals surface area contributed by atoms with Crippen molar-refractivity contribution in [3.05, 3.63) is 63.9 Å². The minimum absolute atomic E-state index is 0.0196. The maximum atomic E-state index is 13.1. The van der Waals surface area contributed by atoms with Crippen molar-refractivity contribution in [1.29, 1.82) is 0 Å². The van der Waals surface area contributed by atoms with Gasteiger partial charge >= 0.3 is 6.61 Å². The Balaban J connectivity index is 2.19. The summed E-state index contributed by atoms with van der Waals surface area (Å²) in [6, 6.07) is 8.18. The lowest BCUT2D eigenvalue weighted by Gasteiger charge is -2.05. The molecule has 0 atom stereocenters. The van der Waals surface area contributed by atoms with E-state index in [4.69, 9.17) is 0 Å². The lowest BCUT2D eigenvalue weighted by Crippen LogP contribution is -2.14. The van der Waals surface area contributed by atoms with E-state index in [0.29, 0.717) is 0 Å². The Labute approximate surface area is 131 Å². The predicted molar refractivity (Wildman–Crippen MR) is 75.8 cm³/mol. The SMILES string of the molecule is O=C(C(=O)c1ccc(F)c(Br)c1)c1ccc(OC(F)F)cc1. The minimum Gasteiger partial charge on any atom is -0.435 e. The molecule has 0 bridgehead atoms. The van der Waals surface area contributed by atoms with E-state index in [1.807, 2.05) is 0 Å². The molecule has 0 aliphatic carbocycles. The van der Waals surface area contributed by atoms with E-state index in [0.717, 1.165) is 18.2 Å². The number of rotatable bonds is 5. The number of halogens is 4. The summed E-state index contributed by atoms with van der Waals surface area (Å²) in [5, 5.41) is 0. The summed E-state index contributed by atoms with van der Waals surface area (Å²) >= 11 is 2.93. The molecule has 3 nitrogen and oxygen atoms in total. The average molecular weight is 373 g/mol. The third kappa shape index (κ3) is 3.73. The molecule has 0 heterocycles. The van der Waals surface area contributed by atoms with Gasteiger partial charge < -0.3 is 4.74 Å². The van der Waals surface area contributed by atoms with Crippen LogP contribution in [0.5, 0.6) is 5.75 Å². The number of carbonyl (C=O) groups excluding carboxylic acids is 2. The number of carbonyl (C=O) groups is 2. The maximum Gasteiger partial charge on any atom is 0.387 e. The molecule has 2 rings (SSSR count). The number of alkyl halides is 2. The zero-order chi connectivity index (χ0) is 16.3. The Morgan fingerprint density at radius 3 is 2.05 bits per heavy atom. The van der Waals surface area contributed by atoms with Crippen molar-refractivity contribution in [3.8, 4) is 5.75 Å². The van der Waals surface area contributed by atoms with Crippen molar-refractivity contribution in [1.82, 2.24) is 0 Å². The average Bonchev–Trinajstić information content (AvgIpc) is 2.49. The van der Waals surface area contributed by atoms with Gasteiger partial charge in [0.05, 0.1) is 4.47 Å². The van der Waals surface area contributed by atoms with E-state index in [2.05, 4.69) is 20.7 Å². The molecule has 2 aromatic carbocycles. The third-order valence-corrected chi connectivity index (χ3v) is 3.34. The second-order valence-corrected chi connectivity index (χ2v) is 5.04. The summed E-state index contributed by atoms with van der Waals surface area (Å²) in [4.78, 5) is 24.1. The summed E-state index contributed by atoms with van der Waals surface area (Å²) in [5.74, 6) is -2.34. The first-order chi connectivity index (χ1) is 10.4. The van der Waals surface area contributed by atoms with Crippen LogP contribution in [0.3, 0.4) is 0 Å². The normalized spacial score (nSPS) is 10.6. The van der Waals surface area contributed by atoms with E-state index in [9.17, 15) is 22.8 Å². The van der Waals surface area contributed by atoms with Crippen LogP contribution in [0.15, 0.2) is 46.9 Å². The first-order valence-electron chi connectivity index (χ1n) is 5.97. The van der Waals surface area contributed by atoms with Crippen LogP contribution in [0.2, 0.25) is 0 Å². The highest BCUT2D eigenvalue weighted by atomic mass is 79.9. The van der Waals surface area contributed by atoms with Crippen molar-refractivity contribution in [2.24, 2.45) is 0 Å². The molecular weight excluding hydrogens is 365 g/mol. The molecule has 22 heavy (non-hydrogen) atoms. The molecule has 0 radical (unpaired) electrons. The van der Waals surface area contributed by atoms with Crippen LogP contribution in [-0.2, 0) is 0 Å². The second kappa shape index (κ2) is 6.74. The Hall–Kier alpha value is -2.15. The van der Waals surface area contributed by atoms with Crippen LogP contribution >= 0.6 is 15.9 Å². The topological polar surface area (TPSA) is 43.4 Å². The fraction of sp³-hybridized carbons (Fsp3) is 0.0667. The molecule has 0 aromatic heterocycles. The molecule has 0 aliphatic heterocycles. The van der Waals surface area contributed by atoms with E-state index >= 15 is 0 Å². The van der Waals surface area contributed by atoms with Gasteiger partial charge in [-0.15, -0.1) is 0 Å². The standard InChI is InChI=1S/C15H8BrF3O3/c16-11-7-9(3-6-12(11)17)14(21)13(20)8-1-4-10(5-2-8)22-15(18)19/h1-7,15H. The summed E-state index contributed by atoms with van der Waals surface area (Å²) in [6.07, 6.45) is 0. The molecule has 0 aliphatic rings. The van der Waals surface area contributed by atoms with E-state index in [-0.39, 0.29) is 21.3 Å². The van der Waals surface area contributed by atoms with Gasteiger partial charge in [-0.1, -0.05) is 0 Å². The summed E-state index contributed by atoms with van der Waals surface area (Å²) in [6.45, 7) is -2.97. The molecule has 0 saturated heterocycles. The number of ether oxygens (including phenoxy) is 1. The highest BCUT2D eigenvalue weighted by Gasteiger charge is 2.19. The largest absolute Gasteiger partial charge is 0.435 e. The first-order valence-corrected chi connectivity index (χ1v) is 6.76. The van der Waals surface area contributed by atoms with Crippen LogP contribution in [-0.4, -0.2) is 18.2 Å². The van der Waals surface area contributed by atoms with Gasteiger partial charge in [-0.3, -0.25) is 9.59 Å². The van der Waals surface area contributed by atoms with Gasteiger partial charge in [0.2, 0.25) is 11.6 Å². The lowest BCUT2D eigenvalue weighted by molar-refractivity contribution is -0.0498. The Bertz CT molecular complexity index is 714. The van der Waals surface area contributed by atoms with Gasteiger partial charge in [-0.05, 0) is 58.4 Å². The number of hydrogen-bond acceptors (Lipinski definition) is 3. The summed E-state index contributed by atoms with van der Waals surface area (Å²) in [7, 11) is 0. The molecule has 0 N–H and O–H groups in total. The second-order valence-electron chi connectivity index (χ2n) is 4.19. The van der Waals surface area contributed by atoms with Crippen LogP contribution in [0.1, 0.15) is 20.7 Å². The van der Waals surface area contributed by atoms with Gasteiger partial charge in [0.1, 0.15) is 11.6 Å². The third-order valence-electron chi connectivity index (χ3n) is 2.73. The minimum atomic E-state index is -2.97. The van der Waals surface area contributed by atoms with Crippen LogP contribution in [0, 0.1) is 5.82 Å². The van der Waals surface area contributed by atoms with E-state index < -0.39 is 24.0 Å². The Morgan fingerprint density at radius 1 is 0.955 bits per heavy atom. The zero-order valence-electron chi connectivity index (χ0n) is 10.9. The van der Waals surface area contributed by atoms with Gasteiger partial charge in [-0.2, -0.15) is 8.78 Å². The van der Waals surface area contributed by atoms with E-state index in [1.165, 1.54) is 24.3 Å². The predicted octanol–water partition coefficient (Wildman–Crippen LogP) is 4.26. The zero-order valence-corrected chi connectivity index (χ0v) is 12.4.